The Kier molecular flexibility index (Phi) is 3.66. The Balaban J connectivity index is 1.55. The second-order valence-electron chi connectivity index (χ2n) is 6.23. The predicted molar refractivity (Wildman–Crippen MR) is 94.3 cm³/mol. The van der Waals surface area contributed by atoms with Gasteiger partial charge in [-0.15, -0.1) is 0 Å². The number of pyridine rings is 1. The number of rotatable bonds is 3. The molecule has 0 saturated heterocycles. The number of halogens is 1. The molecular formula is C18H14ClN5O. The molecule has 2 N–H and O–H groups in total. The molecule has 6 nitrogen and oxygen atoms in total. The first-order valence-electron chi connectivity index (χ1n) is 7.87. The summed E-state index contributed by atoms with van der Waals surface area (Å²) in [4.78, 5) is 16.5. The molecule has 0 unspecified atom stereocenters. The van der Waals surface area contributed by atoms with Crippen LogP contribution < -0.4 is 5.32 Å². The molecule has 0 bridgehead atoms. The van der Waals surface area contributed by atoms with Crippen LogP contribution in [0.15, 0.2) is 30.6 Å². The largest absolute Gasteiger partial charge is 0.308 e. The Morgan fingerprint density at radius 1 is 1.48 bits per heavy atom. The fourth-order valence-corrected chi connectivity index (χ4v) is 3.37. The third kappa shape index (κ3) is 2.73. The number of H-pyrrole nitrogens is 1. The van der Waals surface area contributed by atoms with Gasteiger partial charge in [0.1, 0.15) is 0 Å². The first kappa shape index (κ1) is 15.6. The molecule has 1 aromatic carbocycles. The van der Waals surface area contributed by atoms with Crippen molar-refractivity contribution >= 4 is 34.2 Å². The quantitative estimate of drug-likeness (QED) is 0.754. The molecule has 1 fully saturated rings. The maximum atomic E-state index is 12.5. The predicted octanol–water partition coefficient (Wildman–Crippen LogP) is 3.53. The highest BCUT2D eigenvalue weighted by molar-refractivity contribution is 6.31. The number of anilines is 1. The minimum absolute atomic E-state index is 0.0757. The van der Waals surface area contributed by atoms with Gasteiger partial charge in [-0.25, -0.2) is 0 Å². The molecule has 7 heteroatoms. The van der Waals surface area contributed by atoms with E-state index in [0.717, 1.165) is 28.5 Å². The van der Waals surface area contributed by atoms with E-state index in [9.17, 15) is 4.79 Å². The number of aromatic nitrogens is 3. The van der Waals surface area contributed by atoms with Gasteiger partial charge in [-0.2, -0.15) is 10.4 Å². The summed E-state index contributed by atoms with van der Waals surface area (Å²) < 4.78 is 0. The van der Waals surface area contributed by atoms with Crippen molar-refractivity contribution in [2.45, 2.75) is 19.3 Å². The lowest BCUT2D eigenvalue weighted by atomic mass is 10.1. The molecule has 124 valence electrons. The van der Waals surface area contributed by atoms with E-state index >= 15 is 0 Å². The van der Waals surface area contributed by atoms with E-state index in [-0.39, 0.29) is 17.7 Å². The number of benzene rings is 1. The van der Waals surface area contributed by atoms with Gasteiger partial charge >= 0.3 is 0 Å². The Labute approximate surface area is 148 Å². The van der Waals surface area contributed by atoms with Crippen LogP contribution in [0.2, 0.25) is 5.02 Å². The molecule has 2 heterocycles. The average Bonchev–Trinajstić information content (AvgIpc) is 3.32. The molecule has 3 aromatic rings. The van der Waals surface area contributed by atoms with Crippen LogP contribution >= 0.6 is 11.6 Å². The van der Waals surface area contributed by atoms with Crippen LogP contribution in [0.4, 0.5) is 5.82 Å². The van der Waals surface area contributed by atoms with Gasteiger partial charge in [0.25, 0.3) is 0 Å². The van der Waals surface area contributed by atoms with Gasteiger partial charge in [-0.1, -0.05) is 11.6 Å². The first-order chi connectivity index (χ1) is 12.1. The van der Waals surface area contributed by atoms with Crippen LogP contribution in [0.1, 0.15) is 29.0 Å². The number of hydrogen-bond acceptors (Lipinski definition) is 4. The summed E-state index contributed by atoms with van der Waals surface area (Å²) in [6.07, 6.45) is 4.04. The second kappa shape index (κ2) is 5.87. The zero-order valence-corrected chi connectivity index (χ0v) is 14.1. The number of carbonyl (C=O) groups excluding carboxylic acids is 1. The number of carbonyl (C=O) groups is 1. The molecule has 2 aromatic heterocycles. The van der Waals surface area contributed by atoms with Crippen molar-refractivity contribution < 1.29 is 4.79 Å². The molecule has 2 atom stereocenters. The fraction of sp³-hybridized carbons (Fsp3) is 0.222. The van der Waals surface area contributed by atoms with Crippen molar-refractivity contribution in [3.05, 3.63) is 52.3 Å². The van der Waals surface area contributed by atoms with E-state index in [1.165, 1.54) is 0 Å². The van der Waals surface area contributed by atoms with E-state index in [4.69, 9.17) is 16.9 Å². The van der Waals surface area contributed by atoms with Crippen LogP contribution in [-0.2, 0) is 4.79 Å². The first-order valence-corrected chi connectivity index (χ1v) is 8.25. The molecule has 1 aliphatic carbocycles. The maximum absolute atomic E-state index is 12.5. The third-order valence-corrected chi connectivity index (χ3v) is 4.92. The Morgan fingerprint density at radius 2 is 2.32 bits per heavy atom. The molecule has 0 spiro atoms. The number of nitrogens with one attached hydrogen (secondary N) is 2. The number of aryl methyl sites for hydroxylation is 1. The van der Waals surface area contributed by atoms with E-state index < -0.39 is 0 Å². The van der Waals surface area contributed by atoms with Crippen molar-refractivity contribution in [2.75, 3.05) is 5.32 Å². The van der Waals surface area contributed by atoms with Gasteiger partial charge in [-0.05, 0) is 48.6 Å². The van der Waals surface area contributed by atoms with Crippen molar-refractivity contribution in [3.63, 3.8) is 0 Å². The molecule has 1 saturated carbocycles. The molecule has 1 aliphatic rings. The highest BCUT2D eigenvalue weighted by Crippen LogP contribution is 2.49. The molecule has 0 aliphatic heterocycles. The average molecular weight is 352 g/mol. The summed E-state index contributed by atoms with van der Waals surface area (Å²) in [6.45, 7) is 1.86. The van der Waals surface area contributed by atoms with Gasteiger partial charge in [0.05, 0.1) is 22.2 Å². The fourth-order valence-electron chi connectivity index (χ4n) is 3.11. The topological polar surface area (TPSA) is 94.5 Å². The standard InChI is InChI=1S/C18H14ClN5O/c1-9-4-14-16(5-10(9)7-20)23-24-17(14)22-18(25)13-6-12(13)11-2-3-21-8-15(11)19/h2-5,8,12-13H,6H2,1H3,(H2,22,23,24,25)/t12-,13+/m0/s1. The zero-order valence-electron chi connectivity index (χ0n) is 13.4. The van der Waals surface area contributed by atoms with Crippen LogP contribution in [0.25, 0.3) is 10.9 Å². The van der Waals surface area contributed by atoms with Gasteiger partial charge in [-0.3, -0.25) is 14.9 Å². The van der Waals surface area contributed by atoms with Crippen LogP contribution in [0.3, 0.4) is 0 Å². The highest BCUT2D eigenvalue weighted by atomic mass is 35.5. The number of nitriles is 1. The highest BCUT2D eigenvalue weighted by Gasteiger charge is 2.45. The van der Waals surface area contributed by atoms with E-state index in [1.807, 2.05) is 19.1 Å². The van der Waals surface area contributed by atoms with Gasteiger partial charge in [0, 0.05) is 23.7 Å². The number of hydrogen-bond donors (Lipinski definition) is 2. The van der Waals surface area contributed by atoms with E-state index in [1.54, 1.807) is 18.5 Å². The van der Waals surface area contributed by atoms with Crippen molar-refractivity contribution in [2.24, 2.45) is 5.92 Å². The Hall–Kier alpha value is -2.91. The van der Waals surface area contributed by atoms with E-state index in [2.05, 4.69) is 26.6 Å². The number of fused-ring (bicyclic) bond motifs is 1. The minimum atomic E-state index is -0.119. The molecular weight excluding hydrogens is 338 g/mol. The second-order valence-corrected chi connectivity index (χ2v) is 6.64. The van der Waals surface area contributed by atoms with Crippen molar-refractivity contribution in [1.82, 2.24) is 15.2 Å². The number of amides is 1. The van der Waals surface area contributed by atoms with Crippen molar-refractivity contribution in [3.8, 4) is 6.07 Å². The molecule has 0 radical (unpaired) electrons. The van der Waals surface area contributed by atoms with Gasteiger partial charge in [0.15, 0.2) is 5.82 Å². The lowest BCUT2D eigenvalue weighted by Gasteiger charge is -2.04. The minimum Gasteiger partial charge on any atom is -0.308 e. The summed E-state index contributed by atoms with van der Waals surface area (Å²) in [7, 11) is 0. The summed E-state index contributed by atoms with van der Waals surface area (Å²) in [5.41, 5.74) is 3.11. The van der Waals surface area contributed by atoms with Crippen LogP contribution in [0.5, 0.6) is 0 Å². The normalized spacial score (nSPS) is 18.8. The molecule has 4 rings (SSSR count). The third-order valence-electron chi connectivity index (χ3n) is 4.60. The van der Waals surface area contributed by atoms with Gasteiger partial charge < -0.3 is 5.32 Å². The lowest BCUT2D eigenvalue weighted by Crippen LogP contribution is -2.15. The summed E-state index contributed by atoms with van der Waals surface area (Å²) in [6, 6.07) is 7.60. The summed E-state index contributed by atoms with van der Waals surface area (Å²) in [5.74, 6) is 0.408. The van der Waals surface area contributed by atoms with Crippen LogP contribution in [0, 0.1) is 24.2 Å². The Morgan fingerprint density at radius 3 is 3.08 bits per heavy atom. The Bertz CT molecular complexity index is 1040. The van der Waals surface area contributed by atoms with Gasteiger partial charge in [0.2, 0.25) is 5.91 Å². The van der Waals surface area contributed by atoms with Crippen LogP contribution in [-0.4, -0.2) is 21.1 Å². The SMILES string of the molecule is Cc1cc2c(NC(=O)[C@@H]3C[C@H]3c3ccncc3Cl)n[nH]c2cc1C#N. The molecule has 25 heavy (non-hydrogen) atoms. The lowest BCUT2D eigenvalue weighted by molar-refractivity contribution is -0.117. The maximum Gasteiger partial charge on any atom is 0.229 e. The monoisotopic (exact) mass is 351 g/mol. The van der Waals surface area contributed by atoms with E-state index in [0.29, 0.717) is 16.4 Å². The van der Waals surface area contributed by atoms with Crippen molar-refractivity contribution in [1.29, 1.82) is 5.26 Å². The smallest absolute Gasteiger partial charge is 0.229 e. The zero-order chi connectivity index (χ0) is 17.6. The number of aromatic amines is 1. The summed E-state index contributed by atoms with van der Waals surface area (Å²) in [5, 5.41) is 20.4. The molecule has 1 amide bonds. The number of nitrogens with zero attached hydrogens (tertiary/aromatic N) is 3. The summed E-state index contributed by atoms with van der Waals surface area (Å²) >= 11 is 6.16.